The van der Waals surface area contributed by atoms with Crippen molar-refractivity contribution in [2.24, 2.45) is 5.92 Å². The summed E-state index contributed by atoms with van der Waals surface area (Å²) in [6.45, 7) is 2.92. The Kier molecular flexibility index (Phi) is 4.78. The van der Waals surface area contributed by atoms with Crippen molar-refractivity contribution < 1.29 is 18.7 Å². The maximum absolute atomic E-state index is 13.7. The predicted octanol–water partition coefficient (Wildman–Crippen LogP) is 2.94. The van der Waals surface area contributed by atoms with Crippen molar-refractivity contribution in [2.45, 2.75) is 50.2 Å². The number of hydrogen-bond acceptors (Lipinski definition) is 3. The van der Waals surface area contributed by atoms with E-state index in [9.17, 15) is 9.18 Å². The summed E-state index contributed by atoms with van der Waals surface area (Å²) in [5, 5.41) is 0. The summed E-state index contributed by atoms with van der Waals surface area (Å²) in [5.41, 5.74) is 0.349. The van der Waals surface area contributed by atoms with E-state index in [0.717, 1.165) is 31.8 Å². The highest BCUT2D eigenvalue weighted by Crippen LogP contribution is 2.38. The second-order valence-corrected chi connectivity index (χ2v) is 7.75. The zero-order valence-electron chi connectivity index (χ0n) is 14.6. The molecule has 1 aromatic rings. The highest BCUT2D eigenvalue weighted by molar-refractivity contribution is 5.79. The number of benzene rings is 1. The summed E-state index contributed by atoms with van der Waals surface area (Å²) >= 11 is 0. The topological polar surface area (TPSA) is 38.8 Å². The van der Waals surface area contributed by atoms with Gasteiger partial charge in [-0.15, -0.1) is 0 Å². The molecule has 1 aromatic carbocycles. The van der Waals surface area contributed by atoms with E-state index < -0.39 is 0 Å². The lowest BCUT2D eigenvalue weighted by Crippen LogP contribution is -2.47. The Morgan fingerprint density at radius 1 is 1.28 bits per heavy atom. The summed E-state index contributed by atoms with van der Waals surface area (Å²) in [6, 6.07) is 6.50. The number of carbonyl (C=O) groups excluding carboxylic acids is 1. The molecule has 25 heavy (non-hydrogen) atoms. The minimum absolute atomic E-state index is 0.000481. The number of hydrogen-bond donors (Lipinski definition) is 0. The van der Waals surface area contributed by atoms with E-state index >= 15 is 0 Å². The second kappa shape index (κ2) is 7.04. The standard InChI is InChI=1S/C20H26FNO3/c21-18-4-2-1-3-16(18)11-19(23)22-9-7-20(8-10-22)12-17(14-25-20)24-13-15-5-6-15/h1-4,15,17H,5-14H2. The van der Waals surface area contributed by atoms with Crippen LogP contribution in [0.5, 0.6) is 0 Å². The minimum atomic E-state index is -0.306. The molecule has 2 heterocycles. The molecule has 1 amide bonds. The van der Waals surface area contributed by atoms with Crippen LogP contribution in [-0.4, -0.2) is 48.8 Å². The Labute approximate surface area is 148 Å². The number of piperidine rings is 1. The van der Waals surface area contributed by atoms with E-state index in [2.05, 4.69) is 0 Å². The van der Waals surface area contributed by atoms with Crippen LogP contribution in [-0.2, 0) is 20.7 Å². The van der Waals surface area contributed by atoms with Crippen molar-refractivity contribution in [3.63, 3.8) is 0 Å². The van der Waals surface area contributed by atoms with E-state index in [0.29, 0.717) is 25.3 Å². The van der Waals surface area contributed by atoms with E-state index in [1.165, 1.54) is 18.9 Å². The quantitative estimate of drug-likeness (QED) is 0.822. The molecule has 3 aliphatic rings. The van der Waals surface area contributed by atoms with Gasteiger partial charge in [0, 0.05) is 26.1 Å². The molecule has 5 heteroatoms. The van der Waals surface area contributed by atoms with Crippen molar-refractivity contribution in [1.29, 1.82) is 0 Å². The van der Waals surface area contributed by atoms with Crippen LogP contribution in [0.2, 0.25) is 0 Å². The van der Waals surface area contributed by atoms with Crippen LogP contribution in [0, 0.1) is 11.7 Å². The van der Waals surface area contributed by atoms with Gasteiger partial charge in [-0.25, -0.2) is 4.39 Å². The maximum atomic E-state index is 13.7. The lowest BCUT2D eigenvalue weighted by Gasteiger charge is -2.38. The molecule has 4 rings (SSSR count). The SMILES string of the molecule is O=C(Cc1ccccc1F)N1CCC2(CC1)CC(OCC1CC1)CO2. The van der Waals surface area contributed by atoms with Gasteiger partial charge in [0.2, 0.25) is 5.91 Å². The zero-order chi connectivity index (χ0) is 17.3. The molecule has 0 bridgehead atoms. The Balaban J connectivity index is 1.26. The highest BCUT2D eigenvalue weighted by atomic mass is 19.1. The van der Waals surface area contributed by atoms with Crippen LogP contribution in [0.4, 0.5) is 4.39 Å². The molecular weight excluding hydrogens is 321 g/mol. The molecule has 2 saturated heterocycles. The molecule has 1 saturated carbocycles. The van der Waals surface area contributed by atoms with E-state index in [-0.39, 0.29) is 29.9 Å². The number of likely N-dealkylation sites (tertiary alicyclic amines) is 1. The molecule has 1 atom stereocenters. The Hall–Kier alpha value is -1.46. The van der Waals surface area contributed by atoms with Crippen LogP contribution < -0.4 is 0 Å². The van der Waals surface area contributed by atoms with Gasteiger partial charge in [-0.3, -0.25) is 4.79 Å². The number of rotatable bonds is 5. The zero-order valence-corrected chi connectivity index (χ0v) is 14.6. The molecule has 1 unspecified atom stereocenters. The first-order chi connectivity index (χ1) is 12.1. The summed E-state index contributed by atoms with van der Waals surface area (Å²) in [7, 11) is 0. The number of ether oxygens (including phenoxy) is 2. The summed E-state index contributed by atoms with van der Waals surface area (Å²) in [5.74, 6) is 0.466. The highest BCUT2D eigenvalue weighted by Gasteiger charge is 2.44. The van der Waals surface area contributed by atoms with Crippen molar-refractivity contribution >= 4 is 5.91 Å². The van der Waals surface area contributed by atoms with Crippen LogP contribution in [0.25, 0.3) is 0 Å². The number of amides is 1. The predicted molar refractivity (Wildman–Crippen MR) is 91.7 cm³/mol. The Morgan fingerprint density at radius 3 is 2.76 bits per heavy atom. The molecular formula is C20H26FNO3. The number of halogens is 1. The Morgan fingerprint density at radius 2 is 2.04 bits per heavy atom. The fourth-order valence-electron chi connectivity index (χ4n) is 3.89. The molecule has 3 fully saturated rings. The fraction of sp³-hybridized carbons (Fsp3) is 0.650. The molecule has 1 spiro atoms. The average Bonchev–Trinajstić information content (AvgIpc) is 3.37. The molecule has 0 N–H and O–H groups in total. The van der Waals surface area contributed by atoms with Crippen LogP contribution in [0.1, 0.15) is 37.7 Å². The van der Waals surface area contributed by atoms with Crippen LogP contribution in [0.15, 0.2) is 24.3 Å². The van der Waals surface area contributed by atoms with Gasteiger partial charge in [-0.1, -0.05) is 18.2 Å². The lowest BCUT2D eigenvalue weighted by atomic mass is 9.87. The second-order valence-electron chi connectivity index (χ2n) is 7.75. The molecule has 1 aliphatic carbocycles. The Bertz CT molecular complexity index is 623. The summed E-state index contributed by atoms with van der Waals surface area (Å²) in [6.07, 6.45) is 5.58. The van der Waals surface area contributed by atoms with Crippen molar-refractivity contribution in [3.05, 3.63) is 35.6 Å². The molecule has 0 radical (unpaired) electrons. The lowest BCUT2D eigenvalue weighted by molar-refractivity contribution is -0.135. The first kappa shape index (κ1) is 17.0. The summed E-state index contributed by atoms with van der Waals surface area (Å²) in [4.78, 5) is 14.3. The normalized spacial score (nSPS) is 25.5. The first-order valence-corrected chi connectivity index (χ1v) is 9.40. The van der Waals surface area contributed by atoms with Crippen molar-refractivity contribution in [3.8, 4) is 0 Å². The largest absolute Gasteiger partial charge is 0.375 e. The van der Waals surface area contributed by atoms with E-state index in [1.807, 2.05) is 4.90 Å². The van der Waals surface area contributed by atoms with Gasteiger partial charge in [0.05, 0.1) is 24.7 Å². The monoisotopic (exact) mass is 347 g/mol. The van der Waals surface area contributed by atoms with Crippen LogP contribution in [0.3, 0.4) is 0 Å². The fourth-order valence-corrected chi connectivity index (χ4v) is 3.89. The molecule has 4 nitrogen and oxygen atoms in total. The smallest absolute Gasteiger partial charge is 0.227 e. The molecule has 0 aromatic heterocycles. The van der Waals surface area contributed by atoms with Gasteiger partial charge < -0.3 is 14.4 Å². The molecule has 136 valence electrons. The van der Waals surface area contributed by atoms with Gasteiger partial charge in [-0.05, 0) is 43.2 Å². The van der Waals surface area contributed by atoms with Gasteiger partial charge in [0.15, 0.2) is 0 Å². The number of nitrogens with zero attached hydrogens (tertiary/aromatic N) is 1. The van der Waals surface area contributed by atoms with Gasteiger partial charge in [0.1, 0.15) is 5.82 Å². The summed E-state index contributed by atoms with van der Waals surface area (Å²) < 4.78 is 25.8. The van der Waals surface area contributed by atoms with Crippen LogP contribution >= 0.6 is 0 Å². The van der Waals surface area contributed by atoms with Crippen molar-refractivity contribution in [1.82, 2.24) is 4.90 Å². The van der Waals surface area contributed by atoms with E-state index in [4.69, 9.17) is 9.47 Å². The third kappa shape index (κ3) is 4.04. The number of carbonyl (C=O) groups is 1. The third-order valence-electron chi connectivity index (χ3n) is 5.77. The minimum Gasteiger partial charge on any atom is -0.375 e. The van der Waals surface area contributed by atoms with Gasteiger partial charge in [0.25, 0.3) is 0 Å². The van der Waals surface area contributed by atoms with Gasteiger partial charge in [-0.2, -0.15) is 0 Å². The maximum Gasteiger partial charge on any atom is 0.227 e. The van der Waals surface area contributed by atoms with Crippen molar-refractivity contribution in [2.75, 3.05) is 26.3 Å². The van der Waals surface area contributed by atoms with Gasteiger partial charge >= 0.3 is 0 Å². The van der Waals surface area contributed by atoms with E-state index in [1.54, 1.807) is 18.2 Å². The third-order valence-corrected chi connectivity index (χ3v) is 5.77. The average molecular weight is 347 g/mol. The first-order valence-electron chi connectivity index (χ1n) is 9.40. The molecule has 2 aliphatic heterocycles.